The van der Waals surface area contributed by atoms with Gasteiger partial charge in [0.2, 0.25) is 0 Å². The minimum atomic E-state index is -1.10. The standard InChI is InChI=1S/C51H82O10/c1-5-9-10-11-22-28-34-42(46-39-49(55)61-51(46)58)35-29-24-20-21-26-31-37-48(54)60-43(8-4)40-59-44(32-6-2)36-30-25-19-17-15-13-12-14-16-18-23-27-33-41(7-3)45(50(56)57)38-47(52)53/h12,14,18,23,27,29,32-33,35,41-43,45-46H,5-11,13,15-17,19-22,24-26,28,30-31,34,36-40H2,1-4H3,(H,52,53)(H,56,57)/b14-12-,23-18-,33-27+,35-29+,44-32-. The summed E-state index contributed by atoms with van der Waals surface area (Å²) in [6.07, 6.45) is 41.5. The number of carbonyl (C=O) groups excluding carboxylic acids is 3. The number of allylic oxidation sites excluding steroid dienone is 10. The summed E-state index contributed by atoms with van der Waals surface area (Å²) in [5.41, 5.74) is 0. The summed E-state index contributed by atoms with van der Waals surface area (Å²) in [7, 11) is 0. The van der Waals surface area contributed by atoms with Gasteiger partial charge < -0.3 is 24.4 Å². The van der Waals surface area contributed by atoms with Crippen LogP contribution in [0.3, 0.4) is 0 Å². The highest BCUT2D eigenvalue weighted by Crippen LogP contribution is 2.30. The summed E-state index contributed by atoms with van der Waals surface area (Å²) in [6.45, 7) is 8.57. The summed E-state index contributed by atoms with van der Waals surface area (Å²) in [6, 6.07) is 0. The molecule has 5 unspecified atom stereocenters. The average molecular weight is 855 g/mol. The number of esters is 3. The normalized spacial score (nSPS) is 16.8. The van der Waals surface area contributed by atoms with E-state index in [0.29, 0.717) is 25.9 Å². The quantitative estimate of drug-likeness (QED) is 0.0152. The molecule has 5 atom stereocenters. The lowest BCUT2D eigenvalue weighted by molar-refractivity contribution is -0.154. The van der Waals surface area contributed by atoms with E-state index in [2.05, 4.69) is 44.2 Å². The van der Waals surface area contributed by atoms with E-state index in [9.17, 15) is 29.1 Å². The van der Waals surface area contributed by atoms with Crippen LogP contribution < -0.4 is 0 Å². The zero-order valence-corrected chi connectivity index (χ0v) is 38.3. The molecule has 0 amide bonds. The highest BCUT2D eigenvalue weighted by molar-refractivity contribution is 5.94. The fourth-order valence-electron chi connectivity index (χ4n) is 7.62. The number of ether oxygens (including phenoxy) is 3. The number of carboxylic acids is 2. The number of rotatable bonds is 39. The van der Waals surface area contributed by atoms with Crippen molar-refractivity contribution in [2.24, 2.45) is 23.7 Å². The van der Waals surface area contributed by atoms with Crippen LogP contribution in [0.5, 0.6) is 0 Å². The Kier molecular flexibility index (Phi) is 33.1. The molecule has 1 aliphatic heterocycles. The van der Waals surface area contributed by atoms with Crippen LogP contribution in [0.15, 0.2) is 60.4 Å². The van der Waals surface area contributed by atoms with Crippen LogP contribution in [-0.4, -0.2) is 52.8 Å². The Bertz CT molecular complexity index is 1370. The second-order valence-corrected chi connectivity index (χ2v) is 16.6. The van der Waals surface area contributed by atoms with Gasteiger partial charge in [-0.15, -0.1) is 0 Å². The van der Waals surface area contributed by atoms with Gasteiger partial charge >= 0.3 is 29.8 Å². The molecule has 10 nitrogen and oxygen atoms in total. The topological polar surface area (TPSA) is 153 Å². The second kappa shape index (κ2) is 36.7. The highest BCUT2D eigenvalue weighted by atomic mass is 16.6. The van der Waals surface area contributed by atoms with Gasteiger partial charge in [0.25, 0.3) is 0 Å². The van der Waals surface area contributed by atoms with Crippen molar-refractivity contribution in [2.45, 2.75) is 201 Å². The van der Waals surface area contributed by atoms with E-state index in [1.54, 1.807) is 6.08 Å². The molecule has 0 aromatic carbocycles. The first-order valence-electron chi connectivity index (χ1n) is 23.9. The maximum absolute atomic E-state index is 12.6. The maximum Gasteiger partial charge on any atom is 0.317 e. The first-order valence-corrected chi connectivity index (χ1v) is 23.9. The highest BCUT2D eigenvalue weighted by Gasteiger charge is 2.37. The molecule has 1 saturated heterocycles. The van der Waals surface area contributed by atoms with Crippen LogP contribution in [0.1, 0.15) is 195 Å². The van der Waals surface area contributed by atoms with Crippen LogP contribution in [0.2, 0.25) is 0 Å². The van der Waals surface area contributed by atoms with Crippen LogP contribution in [0.4, 0.5) is 0 Å². The molecule has 0 bridgehead atoms. The molecular formula is C51H82O10. The van der Waals surface area contributed by atoms with E-state index in [-0.39, 0.29) is 48.6 Å². The minimum Gasteiger partial charge on any atom is -0.494 e. The monoisotopic (exact) mass is 855 g/mol. The van der Waals surface area contributed by atoms with E-state index < -0.39 is 23.8 Å². The molecule has 61 heavy (non-hydrogen) atoms. The molecular weight excluding hydrogens is 773 g/mol. The number of carboxylic acid groups (broad SMARTS) is 2. The molecule has 0 aromatic heterocycles. The molecule has 1 fully saturated rings. The predicted octanol–water partition coefficient (Wildman–Crippen LogP) is 13.0. The molecule has 2 N–H and O–H groups in total. The summed E-state index contributed by atoms with van der Waals surface area (Å²) in [4.78, 5) is 59.1. The fraction of sp³-hybridized carbons (Fsp3) is 0.706. The molecule has 1 rings (SSSR count). The van der Waals surface area contributed by atoms with Crippen molar-refractivity contribution >= 4 is 29.8 Å². The largest absolute Gasteiger partial charge is 0.494 e. The number of hydrogen-bond acceptors (Lipinski definition) is 8. The van der Waals surface area contributed by atoms with E-state index in [1.165, 1.54) is 38.5 Å². The van der Waals surface area contributed by atoms with Gasteiger partial charge in [0.15, 0.2) is 0 Å². The number of aliphatic carboxylic acids is 2. The fourth-order valence-corrected chi connectivity index (χ4v) is 7.62. The first kappa shape index (κ1) is 55.1. The van der Waals surface area contributed by atoms with Crippen LogP contribution in [0, 0.1) is 23.7 Å². The third-order valence-corrected chi connectivity index (χ3v) is 11.4. The number of cyclic esters (lactones) is 2. The number of hydrogen-bond donors (Lipinski definition) is 2. The Morgan fingerprint density at radius 3 is 2.02 bits per heavy atom. The summed E-state index contributed by atoms with van der Waals surface area (Å²) < 4.78 is 16.8. The molecule has 0 aliphatic carbocycles. The zero-order chi connectivity index (χ0) is 44.9. The average Bonchev–Trinajstić information content (AvgIpc) is 3.57. The molecule has 0 aromatic rings. The lowest BCUT2D eigenvalue weighted by Gasteiger charge is -2.19. The first-order chi connectivity index (χ1) is 29.6. The summed E-state index contributed by atoms with van der Waals surface area (Å²) in [5, 5.41) is 18.4. The van der Waals surface area contributed by atoms with Crippen molar-refractivity contribution in [2.75, 3.05) is 6.61 Å². The Balaban J connectivity index is 2.23. The van der Waals surface area contributed by atoms with Gasteiger partial charge in [0, 0.05) is 12.8 Å². The van der Waals surface area contributed by atoms with Crippen molar-refractivity contribution in [1.82, 2.24) is 0 Å². The number of unbranched alkanes of at least 4 members (excludes halogenated alkanes) is 14. The summed E-state index contributed by atoms with van der Waals surface area (Å²) in [5.74, 6) is -3.67. The predicted molar refractivity (Wildman–Crippen MR) is 244 cm³/mol. The Morgan fingerprint density at radius 2 is 1.39 bits per heavy atom. The third-order valence-electron chi connectivity index (χ3n) is 11.4. The van der Waals surface area contributed by atoms with Crippen molar-refractivity contribution in [3.63, 3.8) is 0 Å². The lowest BCUT2D eigenvalue weighted by Crippen LogP contribution is -2.24. The van der Waals surface area contributed by atoms with Crippen molar-refractivity contribution in [3.8, 4) is 0 Å². The minimum absolute atomic E-state index is 0.0532. The maximum atomic E-state index is 12.6. The smallest absolute Gasteiger partial charge is 0.317 e. The lowest BCUT2D eigenvalue weighted by atomic mass is 9.86. The van der Waals surface area contributed by atoms with Crippen LogP contribution >= 0.6 is 0 Å². The van der Waals surface area contributed by atoms with Gasteiger partial charge in [-0.1, -0.05) is 147 Å². The second-order valence-electron chi connectivity index (χ2n) is 16.6. The molecule has 1 heterocycles. The van der Waals surface area contributed by atoms with Gasteiger partial charge in [0.05, 0.1) is 30.4 Å². The molecule has 346 valence electrons. The van der Waals surface area contributed by atoms with Crippen molar-refractivity contribution in [1.29, 1.82) is 0 Å². The van der Waals surface area contributed by atoms with E-state index in [1.807, 2.05) is 32.1 Å². The molecule has 10 heteroatoms. The SMILES string of the molecule is CC/C=C(/CCCCCCC/C=C\C/C=C\C=C\C(CC)C(CC(=O)O)C(=O)O)OCC(CC)OC(=O)CCCCCC/C=C/C(CCCCCCCC)C1CC(=O)OC1=O. The zero-order valence-electron chi connectivity index (χ0n) is 38.3. The van der Waals surface area contributed by atoms with Gasteiger partial charge in [-0.3, -0.25) is 24.0 Å². The third kappa shape index (κ3) is 28.3. The van der Waals surface area contributed by atoms with Gasteiger partial charge in [-0.05, 0) is 88.5 Å². The van der Waals surface area contributed by atoms with Gasteiger partial charge in [-0.25, -0.2) is 0 Å². The van der Waals surface area contributed by atoms with Crippen LogP contribution in [-0.2, 0) is 38.2 Å². The van der Waals surface area contributed by atoms with Crippen LogP contribution in [0.25, 0.3) is 0 Å². The van der Waals surface area contributed by atoms with Gasteiger partial charge in [0.1, 0.15) is 12.7 Å². The van der Waals surface area contributed by atoms with Crippen molar-refractivity contribution in [3.05, 3.63) is 60.4 Å². The van der Waals surface area contributed by atoms with E-state index >= 15 is 0 Å². The van der Waals surface area contributed by atoms with E-state index in [4.69, 9.17) is 19.3 Å². The molecule has 0 spiro atoms. The number of carbonyl (C=O) groups is 5. The summed E-state index contributed by atoms with van der Waals surface area (Å²) >= 11 is 0. The Morgan fingerprint density at radius 1 is 0.738 bits per heavy atom. The van der Waals surface area contributed by atoms with E-state index in [0.717, 1.165) is 102 Å². The molecule has 0 radical (unpaired) electrons. The van der Waals surface area contributed by atoms with Crippen molar-refractivity contribution < 1.29 is 48.4 Å². The molecule has 1 aliphatic rings. The molecule has 0 saturated carbocycles. The Labute approximate surface area is 368 Å². The Hall–Kier alpha value is -3.95. The van der Waals surface area contributed by atoms with Gasteiger partial charge in [-0.2, -0.15) is 0 Å².